The van der Waals surface area contributed by atoms with Gasteiger partial charge in [-0.3, -0.25) is 10.1 Å². The Morgan fingerprint density at radius 1 is 1.21 bits per heavy atom. The van der Waals surface area contributed by atoms with Crippen molar-refractivity contribution in [1.29, 1.82) is 0 Å². The normalized spacial score (nSPS) is 15.0. The van der Waals surface area contributed by atoms with E-state index in [9.17, 15) is 13.2 Å². The Balaban J connectivity index is 1.55. The molecule has 1 aromatic carbocycles. The lowest BCUT2D eigenvalue weighted by Gasteiger charge is -2.27. The zero-order chi connectivity index (χ0) is 19.7. The zero-order valence-electron chi connectivity index (χ0n) is 15.0. The summed E-state index contributed by atoms with van der Waals surface area (Å²) in [4.78, 5) is 27.4. The monoisotopic (exact) mass is 419 g/mol. The summed E-state index contributed by atoms with van der Waals surface area (Å²) in [6, 6.07) is 6.32. The minimum atomic E-state index is -3.31. The van der Waals surface area contributed by atoms with Crippen LogP contribution in [0.15, 0.2) is 35.5 Å². The average molecular weight is 419 g/mol. The van der Waals surface area contributed by atoms with Gasteiger partial charge in [0.15, 0.2) is 15.0 Å². The van der Waals surface area contributed by atoms with E-state index in [1.165, 1.54) is 23.7 Å². The molecular formula is C17H17N5O4S2. The maximum Gasteiger partial charge on any atom is 0.276 e. The molecule has 0 spiro atoms. The van der Waals surface area contributed by atoms with Crippen molar-refractivity contribution in [3.63, 3.8) is 0 Å². The summed E-state index contributed by atoms with van der Waals surface area (Å²) >= 11 is 1.20. The number of thiazole rings is 1. The summed E-state index contributed by atoms with van der Waals surface area (Å²) in [6.45, 7) is 2.65. The molecule has 28 heavy (non-hydrogen) atoms. The third-order valence-electron chi connectivity index (χ3n) is 4.23. The number of carbonyl (C=O) groups excluding carboxylic acids is 1. The first kappa shape index (κ1) is 18.7. The second-order valence-electron chi connectivity index (χ2n) is 6.24. The number of nitrogens with one attached hydrogen (secondary N) is 1. The van der Waals surface area contributed by atoms with Crippen molar-refractivity contribution in [2.24, 2.45) is 0 Å². The van der Waals surface area contributed by atoms with Crippen LogP contribution < -0.4 is 10.2 Å². The molecule has 0 atom stereocenters. The van der Waals surface area contributed by atoms with Crippen molar-refractivity contribution in [2.45, 2.75) is 4.90 Å². The first-order chi connectivity index (χ1) is 13.4. The van der Waals surface area contributed by atoms with Gasteiger partial charge >= 0.3 is 0 Å². The lowest BCUT2D eigenvalue weighted by Crippen LogP contribution is -2.37. The van der Waals surface area contributed by atoms with Crippen LogP contribution in [-0.2, 0) is 14.6 Å². The molecule has 3 heterocycles. The molecule has 11 heteroatoms. The molecule has 1 N–H and O–H groups in total. The lowest BCUT2D eigenvalue weighted by molar-refractivity contribution is 0.102. The van der Waals surface area contributed by atoms with Crippen molar-refractivity contribution in [3.8, 4) is 0 Å². The van der Waals surface area contributed by atoms with E-state index in [-0.39, 0.29) is 10.6 Å². The highest BCUT2D eigenvalue weighted by atomic mass is 32.2. The number of nitrogens with zero attached hydrogens (tertiary/aromatic N) is 4. The summed E-state index contributed by atoms with van der Waals surface area (Å²) in [5.74, 6) is 0.268. The van der Waals surface area contributed by atoms with Gasteiger partial charge in [-0.2, -0.15) is 0 Å². The van der Waals surface area contributed by atoms with Crippen LogP contribution in [0.25, 0.3) is 10.2 Å². The molecule has 0 aliphatic carbocycles. The third-order valence-corrected chi connectivity index (χ3v) is 6.27. The van der Waals surface area contributed by atoms with Gasteiger partial charge in [0, 0.05) is 25.4 Å². The van der Waals surface area contributed by atoms with E-state index in [1.54, 1.807) is 18.2 Å². The Bertz CT molecular complexity index is 1140. The number of hydrogen-bond acceptors (Lipinski definition) is 9. The van der Waals surface area contributed by atoms with Crippen LogP contribution in [0, 0.1) is 0 Å². The molecule has 1 saturated heterocycles. The van der Waals surface area contributed by atoms with Crippen molar-refractivity contribution in [3.05, 3.63) is 36.3 Å². The highest BCUT2D eigenvalue weighted by Gasteiger charge is 2.17. The highest BCUT2D eigenvalue weighted by Crippen LogP contribution is 2.28. The van der Waals surface area contributed by atoms with E-state index in [1.807, 2.05) is 4.90 Å². The molecule has 1 amide bonds. The smallest absolute Gasteiger partial charge is 0.276 e. The first-order valence-corrected chi connectivity index (χ1v) is 11.2. The van der Waals surface area contributed by atoms with Gasteiger partial charge in [0.2, 0.25) is 0 Å². The Morgan fingerprint density at radius 2 is 2.00 bits per heavy atom. The third kappa shape index (κ3) is 3.96. The number of hydrogen-bond donors (Lipinski definition) is 1. The summed E-state index contributed by atoms with van der Waals surface area (Å²) in [6.07, 6.45) is 2.51. The van der Waals surface area contributed by atoms with E-state index in [0.717, 1.165) is 6.26 Å². The first-order valence-electron chi connectivity index (χ1n) is 8.47. The fourth-order valence-corrected chi connectivity index (χ4v) is 4.41. The number of anilines is 2. The van der Waals surface area contributed by atoms with Gasteiger partial charge in [0.1, 0.15) is 17.8 Å². The lowest BCUT2D eigenvalue weighted by atomic mass is 10.3. The summed E-state index contributed by atoms with van der Waals surface area (Å²) < 4.78 is 29.4. The van der Waals surface area contributed by atoms with Gasteiger partial charge in [-0.05, 0) is 18.2 Å². The van der Waals surface area contributed by atoms with Crippen LogP contribution in [0.2, 0.25) is 0 Å². The number of fused-ring (bicyclic) bond motifs is 1. The minimum Gasteiger partial charge on any atom is -0.378 e. The highest BCUT2D eigenvalue weighted by molar-refractivity contribution is 7.90. The van der Waals surface area contributed by atoms with Crippen LogP contribution in [0.5, 0.6) is 0 Å². The van der Waals surface area contributed by atoms with Gasteiger partial charge in [0.25, 0.3) is 5.91 Å². The molecule has 4 rings (SSSR count). The number of amides is 1. The van der Waals surface area contributed by atoms with E-state index >= 15 is 0 Å². The fraction of sp³-hybridized carbons (Fsp3) is 0.294. The second kappa shape index (κ2) is 7.41. The second-order valence-corrected chi connectivity index (χ2v) is 9.28. The molecule has 1 aliphatic heterocycles. The topological polar surface area (TPSA) is 114 Å². The fourth-order valence-electron chi connectivity index (χ4n) is 2.79. The number of aromatic nitrogens is 3. The molecule has 146 valence electrons. The van der Waals surface area contributed by atoms with Crippen LogP contribution in [0.4, 0.5) is 10.9 Å². The minimum absolute atomic E-state index is 0.215. The van der Waals surface area contributed by atoms with Crippen LogP contribution in [0.1, 0.15) is 10.5 Å². The molecule has 2 aromatic heterocycles. The van der Waals surface area contributed by atoms with E-state index in [4.69, 9.17) is 4.74 Å². The quantitative estimate of drug-likeness (QED) is 0.678. The molecular weight excluding hydrogens is 402 g/mol. The summed E-state index contributed by atoms with van der Waals surface area (Å²) in [5, 5.41) is 3.09. The molecule has 3 aromatic rings. The number of rotatable bonds is 4. The van der Waals surface area contributed by atoms with Crippen LogP contribution >= 0.6 is 11.3 Å². The zero-order valence-corrected chi connectivity index (χ0v) is 16.6. The maximum atomic E-state index is 12.6. The van der Waals surface area contributed by atoms with Crippen molar-refractivity contribution < 1.29 is 17.9 Å². The standard InChI is InChI=1S/C17H17N5O4S2/c1-28(24,25)11-2-3-12-14(8-11)27-17(20-12)21-16(23)13-9-15(19-10-18-13)22-4-6-26-7-5-22/h2-3,8-10H,4-7H2,1H3,(H,20,21,23). The SMILES string of the molecule is CS(=O)(=O)c1ccc2nc(NC(=O)c3cc(N4CCOCC4)ncn3)sc2c1. The Hall–Kier alpha value is -2.63. The number of morpholine rings is 1. The molecule has 0 radical (unpaired) electrons. The predicted octanol–water partition coefficient (Wildman–Crippen LogP) is 1.58. The molecule has 0 unspecified atom stereocenters. The maximum absolute atomic E-state index is 12.6. The van der Waals surface area contributed by atoms with Crippen molar-refractivity contribution >= 4 is 48.2 Å². The summed E-state index contributed by atoms with van der Waals surface area (Å²) in [5.41, 5.74) is 0.844. The van der Waals surface area contributed by atoms with Crippen LogP contribution in [0.3, 0.4) is 0 Å². The van der Waals surface area contributed by atoms with Gasteiger partial charge in [0.05, 0.1) is 28.3 Å². The molecule has 0 saturated carbocycles. The summed E-state index contributed by atoms with van der Waals surface area (Å²) in [7, 11) is -3.31. The Morgan fingerprint density at radius 3 is 2.75 bits per heavy atom. The molecule has 1 fully saturated rings. The number of ether oxygens (including phenoxy) is 1. The van der Waals surface area contributed by atoms with E-state index in [0.29, 0.717) is 47.5 Å². The predicted molar refractivity (Wildman–Crippen MR) is 106 cm³/mol. The van der Waals surface area contributed by atoms with Crippen molar-refractivity contribution in [2.75, 3.05) is 42.8 Å². The molecule has 1 aliphatic rings. The van der Waals surface area contributed by atoms with Gasteiger partial charge < -0.3 is 9.64 Å². The molecule has 9 nitrogen and oxygen atoms in total. The number of carbonyl (C=O) groups is 1. The van der Waals surface area contributed by atoms with Crippen LogP contribution in [-0.4, -0.2) is 61.8 Å². The van der Waals surface area contributed by atoms with Gasteiger partial charge in [-0.1, -0.05) is 11.3 Å². The van der Waals surface area contributed by atoms with Gasteiger partial charge in [-0.25, -0.2) is 23.4 Å². The average Bonchev–Trinajstić information content (AvgIpc) is 3.09. The number of sulfone groups is 1. The Kier molecular flexibility index (Phi) is 4.96. The Labute approximate surface area is 165 Å². The van der Waals surface area contributed by atoms with E-state index < -0.39 is 15.7 Å². The molecule has 0 bridgehead atoms. The van der Waals surface area contributed by atoms with Gasteiger partial charge in [-0.15, -0.1) is 0 Å². The van der Waals surface area contributed by atoms with E-state index in [2.05, 4.69) is 20.3 Å². The van der Waals surface area contributed by atoms with Crippen molar-refractivity contribution in [1.82, 2.24) is 15.0 Å². The number of benzene rings is 1. The largest absolute Gasteiger partial charge is 0.378 e.